The number of nitrogens with zero attached hydrogens (tertiary/aromatic N) is 2. The van der Waals surface area contributed by atoms with Gasteiger partial charge in [-0.05, 0) is 0 Å². The predicted octanol–water partition coefficient (Wildman–Crippen LogP) is -0.577. The number of rotatable bonds is 6. The van der Waals surface area contributed by atoms with Crippen LogP contribution in [0.5, 0.6) is 0 Å². The Kier molecular flexibility index (Phi) is 6.33. The Labute approximate surface area is 159 Å². The standard InChI is InChI=1S/C15H20N4O7S/c1-6(20)23-4-9-11(24-7(2)21)12(25-8(3)22)15(26-9)19-5-18-10(13(19)16)14(17)27/h5,9,11-12,15H,4,16H2,1-3H3,(H2,17,27)/t9-,11+,12-,15+/m0/s1. The zero-order valence-corrected chi connectivity index (χ0v) is 15.7. The summed E-state index contributed by atoms with van der Waals surface area (Å²) in [6.45, 7) is 3.38. The van der Waals surface area contributed by atoms with Gasteiger partial charge in [0.2, 0.25) is 0 Å². The molecule has 0 unspecified atom stereocenters. The number of thiocarbonyl (C=S) groups is 1. The zero-order chi connectivity index (χ0) is 20.3. The van der Waals surface area contributed by atoms with Crippen LogP contribution in [0.4, 0.5) is 5.82 Å². The van der Waals surface area contributed by atoms with E-state index < -0.39 is 42.4 Å². The highest BCUT2D eigenvalue weighted by Gasteiger charge is 2.51. The van der Waals surface area contributed by atoms with Crippen LogP contribution < -0.4 is 11.5 Å². The predicted molar refractivity (Wildman–Crippen MR) is 94.2 cm³/mol. The number of nitrogens with two attached hydrogens (primary N) is 2. The highest BCUT2D eigenvalue weighted by molar-refractivity contribution is 7.80. The first-order valence-corrected chi connectivity index (χ1v) is 8.28. The molecule has 0 aliphatic carbocycles. The second-order valence-electron chi connectivity index (χ2n) is 5.77. The molecule has 2 rings (SSSR count). The van der Waals surface area contributed by atoms with Gasteiger partial charge in [0.05, 0.1) is 6.33 Å². The number of hydrogen-bond donors (Lipinski definition) is 2. The van der Waals surface area contributed by atoms with Gasteiger partial charge in [0.1, 0.15) is 29.2 Å². The van der Waals surface area contributed by atoms with Gasteiger partial charge < -0.3 is 30.4 Å². The van der Waals surface area contributed by atoms with E-state index in [9.17, 15) is 14.4 Å². The summed E-state index contributed by atoms with van der Waals surface area (Å²) in [6, 6.07) is 0. The summed E-state index contributed by atoms with van der Waals surface area (Å²) in [5.41, 5.74) is 11.7. The van der Waals surface area contributed by atoms with Gasteiger partial charge >= 0.3 is 17.9 Å². The topological polar surface area (TPSA) is 158 Å². The highest BCUT2D eigenvalue weighted by Crippen LogP contribution is 2.36. The average Bonchev–Trinajstić information content (AvgIpc) is 3.06. The molecule has 148 valence electrons. The van der Waals surface area contributed by atoms with E-state index in [1.54, 1.807) is 0 Å². The first kappa shape index (κ1) is 20.6. The lowest BCUT2D eigenvalue weighted by Gasteiger charge is -2.24. The first-order chi connectivity index (χ1) is 12.6. The van der Waals surface area contributed by atoms with E-state index in [0.717, 1.165) is 0 Å². The number of anilines is 1. The van der Waals surface area contributed by atoms with Crippen LogP contribution >= 0.6 is 12.2 Å². The molecule has 27 heavy (non-hydrogen) atoms. The van der Waals surface area contributed by atoms with Crippen molar-refractivity contribution < 1.29 is 33.3 Å². The molecule has 4 atom stereocenters. The fourth-order valence-electron chi connectivity index (χ4n) is 2.68. The average molecular weight is 400 g/mol. The number of carbonyl (C=O) groups is 3. The minimum Gasteiger partial charge on any atom is -0.463 e. The minimum absolute atomic E-state index is 0.0266. The van der Waals surface area contributed by atoms with Crippen molar-refractivity contribution in [2.45, 2.75) is 45.3 Å². The van der Waals surface area contributed by atoms with Gasteiger partial charge in [-0.25, -0.2) is 4.98 Å². The van der Waals surface area contributed by atoms with E-state index in [-0.39, 0.29) is 23.1 Å². The number of imidazole rings is 1. The molecule has 0 saturated carbocycles. The van der Waals surface area contributed by atoms with E-state index in [1.807, 2.05) is 0 Å². The Bertz CT molecular complexity index is 765. The molecule has 4 N–H and O–H groups in total. The third-order valence-electron chi connectivity index (χ3n) is 3.68. The molecule has 1 aliphatic rings. The Morgan fingerprint density at radius 1 is 1.19 bits per heavy atom. The van der Waals surface area contributed by atoms with Crippen LogP contribution in [0.1, 0.15) is 32.7 Å². The second-order valence-corrected chi connectivity index (χ2v) is 6.21. The van der Waals surface area contributed by atoms with E-state index in [4.69, 9.17) is 42.6 Å². The number of carbonyl (C=O) groups excluding carboxylic acids is 3. The maximum absolute atomic E-state index is 11.6. The van der Waals surface area contributed by atoms with Gasteiger partial charge in [0.15, 0.2) is 18.4 Å². The molecule has 2 heterocycles. The third kappa shape index (κ3) is 4.71. The van der Waals surface area contributed by atoms with Gasteiger partial charge in [-0.15, -0.1) is 0 Å². The lowest BCUT2D eigenvalue weighted by molar-refractivity contribution is -0.166. The molecule has 1 aliphatic heterocycles. The summed E-state index contributed by atoms with van der Waals surface area (Å²) < 4.78 is 22.7. The molecule has 1 aromatic heterocycles. The van der Waals surface area contributed by atoms with Gasteiger partial charge in [0.25, 0.3) is 0 Å². The zero-order valence-electron chi connectivity index (χ0n) is 14.9. The summed E-state index contributed by atoms with van der Waals surface area (Å²) in [4.78, 5) is 38.2. The fourth-order valence-corrected chi connectivity index (χ4v) is 2.84. The largest absolute Gasteiger partial charge is 0.463 e. The molecule has 11 nitrogen and oxygen atoms in total. The molecule has 1 saturated heterocycles. The van der Waals surface area contributed by atoms with Crippen molar-refractivity contribution in [3.63, 3.8) is 0 Å². The van der Waals surface area contributed by atoms with Gasteiger partial charge in [-0.3, -0.25) is 19.0 Å². The molecule has 0 radical (unpaired) electrons. The molecule has 0 bridgehead atoms. The van der Waals surface area contributed by atoms with Crippen molar-refractivity contribution in [2.75, 3.05) is 12.3 Å². The smallest absolute Gasteiger partial charge is 0.303 e. The summed E-state index contributed by atoms with van der Waals surface area (Å²) in [5.74, 6) is -1.73. The van der Waals surface area contributed by atoms with E-state index in [2.05, 4.69) is 4.98 Å². The molecule has 0 amide bonds. The van der Waals surface area contributed by atoms with Crippen molar-refractivity contribution in [2.24, 2.45) is 5.73 Å². The lowest BCUT2D eigenvalue weighted by Crippen LogP contribution is -2.40. The molecule has 0 spiro atoms. The van der Waals surface area contributed by atoms with Crippen LogP contribution in [0, 0.1) is 0 Å². The first-order valence-electron chi connectivity index (χ1n) is 7.87. The fraction of sp³-hybridized carbons (Fsp3) is 0.533. The molecule has 1 fully saturated rings. The number of esters is 3. The van der Waals surface area contributed by atoms with Crippen molar-refractivity contribution in [3.8, 4) is 0 Å². The SMILES string of the molecule is CC(=O)OC[C@@H]1O[C@@H](n2cnc(C(N)=S)c2N)[C@@H](OC(C)=O)[C@@H]1OC(C)=O. The molecule has 12 heteroatoms. The summed E-state index contributed by atoms with van der Waals surface area (Å²) in [7, 11) is 0. The summed E-state index contributed by atoms with van der Waals surface area (Å²) >= 11 is 4.88. The van der Waals surface area contributed by atoms with Gasteiger partial charge in [-0.1, -0.05) is 12.2 Å². The minimum atomic E-state index is -1.07. The van der Waals surface area contributed by atoms with E-state index in [0.29, 0.717) is 0 Å². The molecule has 0 aromatic carbocycles. The maximum atomic E-state index is 11.6. The normalized spacial score (nSPS) is 24.3. The Hall–Kier alpha value is -2.73. The van der Waals surface area contributed by atoms with Crippen LogP contribution in [-0.4, -0.2) is 57.4 Å². The van der Waals surface area contributed by atoms with Crippen LogP contribution in [0.25, 0.3) is 0 Å². The van der Waals surface area contributed by atoms with Crippen LogP contribution in [0.15, 0.2) is 6.33 Å². The Morgan fingerprint density at radius 2 is 1.78 bits per heavy atom. The Morgan fingerprint density at radius 3 is 2.26 bits per heavy atom. The second kappa shape index (κ2) is 8.31. The van der Waals surface area contributed by atoms with Gasteiger partial charge in [-0.2, -0.15) is 0 Å². The molecular weight excluding hydrogens is 380 g/mol. The maximum Gasteiger partial charge on any atom is 0.303 e. The van der Waals surface area contributed by atoms with Crippen LogP contribution in [-0.2, 0) is 33.3 Å². The number of hydrogen-bond acceptors (Lipinski definition) is 10. The number of nitrogen functional groups attached to an aromatic ring is 1. The monoisotopic (exact) mass is 400 g/mol. The lowest BCUT2D eigenvalue weighted by atomic mass is 10.1. The number of aromatic nitrogens is 2. The van der Waals surface area contributed by atoms with Crippen molar-refractivity contribution in [3.05, 3.63) is 12.0 Å². The summed E-state index contributed by atoms with van der Waals surface area (Å²) in [6.07, 6.45) is -2.70. The third-order valence-corrected chi connectivity index (χ3v) is 3.87. The molecular formula is C15H20N4O7S. The van der Waals surface area contributed by atoms with E-state index >= 15 is 0 Å². The van der Waals surface area contributed by atoms with Crippen molar-refractivity contribution in [1.82, 2.24) is 9.55 Å². The van der Waals surface area contributed by atoms with Crippen molar-refractivity contribution >= 4 is 40.9 Å². The number of ether oxygens (including phenoxy) is 4. The Balaban J connectivity index is 2.41. The van der Waals surface area contributed by atoms with Crippen LogP contribution in [0.3, 0.4) is 0 Å². The quantitative estimate of drug-likeness (QED) is 0.357. The van der Waals surface area contributed by atoms with Gasteiger partial charge in [0, 0.05) is 20.8 Å². The summed E-state index contributed by atoms with van der Waals surface area (Å²) in [5, 5.41) is 0. The molecule has 1 aromatic rings. The van der Waals surface area contributed by atoms with Crippen molar-refractivity contribution in [1.29, 1.82) is 0 Å². The highest BCUT2D eigenvalue weighted by atomic mass is 32.1. The van der Waals surface area contributed by atoms with Crippen LogP contribution in [0.2, 0.25) is 0 Å². The van der Waals surface area contributed by atoms with E-state index in [1.165, 1.54) is 31.7 Å².